The average Bonchev–Trinajstić information content (AvgIpc) is 2.11. The van der Waals surface area contributed by atoms with Gasteiger partial charge in [0.2, 0.25) is 0 Å². The molecule has 0 heterocycles. The van der Waals surface area contributed by atoms with Gasteiger partial charge >= 0.3 is 0 Å². The van der Waals surface area contributed by atoms with Gasteiger partial charge in [-0.05, 0) is 19.8 Å². The summed E-state index contributed by atoms with van der Waals surface area (Å²) in [6.07, 6.45) is 2.91. The molecule has 0 radical (unpaired) electrons. The highest BCUT2D eigenvalue weighted by Gasteiger charge is 2.05. The van der Waals surface area contributed by atoms with Crippen LogP contribution in [0.15, 0.2) is 23.8 Å². The number of aliphatic hydroxyl groups excluding tert-OH is 1. The first-order valence-electron chi connectivity index (χ1n) is 4.25. The highest BCUT2D eigenvalue weighted by molar-refractivity contribution is 6.20. The lowest BCUT2D eigenvalue weighted by Crippen LogP contribution is -2.07. The zero-order valence-corrected chi connectivity index (χ0v) is 9.41. The Kier molecular flexibility index (Phi) is 7.44. The summed E-state index contributed by atoms with van der Waals surface area (Å²) < 4.78 is 0. The van der Waals surface area contributed by atoms with E-state index >= 15 is 0 Å². The quantitative estimate of drug-likeness (QED) is 0.541. The number of allylic oxidation sites excluding steroid dienone is 2. The summed E-state index contributed by atoms with van der Waals surface area (Å²) in [5.74, 6) is 0.959. The number of aliphatic hydroxyl groups is 1. The Bertz CT molecular complexity index is 187. The van der Waals surface area contributed by atoms with Crippen LogP contribution in [-0.2, 0) is 0 Å². The van der Waals surface area contributed by atoms with Gasteiger partial charge in [0.15, 0.2) is 0 Å². The van der Waals surface area contributed by atoms with E-state index in [1.165, 1.54) is 0 Å². The Balaban J connectivity index is 3.85. The van der Waals surface area contributed by atoms with Crippen molar-refractivity contribution in [1.82, 2.24) is 0 Å². The monoisotopic (exact) mass is 222 g/mol. The minimum absolute atomic E-state index is 0.429. The first-order valence-corrected chi connectivity index (χ1v) is 5.32. The van der Waals surface area contributed by atoms with Crippen LogP contribution in [0.25, 0.3) is 0 Å². The Morgan fingerprint density at radius 1 is 1.54 bits per heavy atom. The van der Waals surface area contributed by atoms with Crippen LogP contribution in [0, 0.1) is 0 Å². The second-order valence-electron chi connectivity index (χ2n) is 3.05. The van der Waals surface area contributed by atoms with E-state index in [1.807, 2.05) is 13.0 Å². The molecule has 0 aromatic heterocycles. The lowest BCUT2D eigenvalue weighted by molar-refractivity contribution is 0.201. The van der Waals surface area contributed by atoms with Gasteiger partial charge in [0.05, 0.1) is 6.10 Å². The maximum atomic E-state index is 9.44. The van der Waals surface area contributed by atoms with E-state index in [1.54, 1.807) is 0 Å². The number of hydrogen-bond donors (Lipinski definition) is 1. The van der Waals surface area contributed by atoms with Crippen molar-refractivity contribution in [1.29, 1.82) is 0 Å². The van der Waals surface area contributed by atoms with Gasteiger partial charge in [0.25, 0.3) is 0 Å². The molecule has 0 aromatic carbocycles. The average molecular weight is 223 g/mol. The molecule has 76 valence electrons. The Morgan fingerprint density at radius 3 is 2.54 bits per heavy atom. The molecule has 0 spiro atoms. The van der Waals surface area contributed by atoms with Crippen LogP contribution in [0.4, 0.5) is 0 Å². The van der Waals surface area contributed by atoms with Crippen LogP contribution in [0.3, 0.4) is 0 Å². The molecule has 1 nitrogen and oxygen atoms in total. The minimum atomic E-state index is -0.429. The van der Waals surface area contributed by atoms with Crippen LogP contribution < -0.4 is 0 Å². The van der Waals surface area contributed by atoms with Gasteiger partial charge in [-0.1, -0.05) is 23.8 Å². The largest absolute Gasteiger partial charge is 0.389 e. The predicted molar refractivity (Wildman–Crippen MR) is 59.6 cm³/mol. The van der Waals surface area contributed by atoms with Crippen molar-refractivity contribution in [2.45, 2.75) is 25.9 Å². The molecule has 0 fully saturated rings. The first-order chi connectivity index (χ1) is 6.11. The minimum Gasteiger partial charge on any atom is -0.389 e. The Morgan fingerprint density at radius 2 is 2.15 bits per heavy atom. The molecule has 1 unspecified atom stereocenters. The van der Waals surface area contributed by atoms with Gasteiger partial charge in [-0.25, -0.2) is 0 Å². The fourth-order valence-electron chi connectivity index (χ4n) is 0.901. The molecule has 0 rings (SSSR count). The summed E-state index contributed by atoms with van der Waals surface area (Å²) in [4.78, 5) is 0. The van der Waals surface area contributed by atoms with Gasteiger partial charge in [-0.2, -0.15) is 0 Å². The third-order valence-electron chi connectivity index (χ3n) is 1.85. The summed E-state index contributed by atoms with van der Waals surface area (Å²) in [6, 6.07) is 0. The molecule has 0 saturated heterocycles. The number of halogens is 2. The third-order valence-corrected chi connectivity index (χ3v) is 2.34. The van der Waals surface area contributed by atoms with Gasteiger partial charge in [0, 0.05) is 11.8 Å². The molecule has 1 atom stereocenters. The van der Waals surface area contributed by atoms with E-state index in [4.69, 9.17) is 23.2 Å². The van der Waals surface area contributed by atoms with Crippen LogP contribution in [0.2, 0.25) is 0 Å². The van der Waals surface area contributed by atoms with E-state index in [0.29, 0.717) is 18.2 Å². The fourth-order valence-corrected chi connectivity index (χ4v) is 1.36. The molecule has 13 heavy (non-hydrogen) atoms. The zero-order chi connectivity index (χ0) is 10.3. The molecule has 0 saturated carbocycles. The van der Waals surface area contributed by atoms with Crippen molar-refractivity contribution in [2.24, 2.45) is 0 Å². The van der Waals surface area contributed by atoms with Crippen molar-refractivity contribution >= 4 is 23.2 Å². The van der Waals surface area contributed by atoms with E-state index in [0.717, 1.165) is 17.6 Å². The molecular weight excluding hydrogens is 207 g/mol. The second kappa shape index (κ2) is 7.43. The molecule has 0 aliphatic heterocycles. The molecule has 0 aromatic rings. The van der Waals surface area contributed by atoms with Gasteiger partial charge in [0.1, 0.15) is 0 Å². The van der Waals surface area contributed by atoms with Gasteiger partial charge in [-0.3, -0.25) is 0 Å². The molecule has 0 aliphatic carbocycles. The number of hydrogen-bond acceptors (Lipinski definition) is 1. The first kappa shape index (κ1) is 13.0. The predicted octanol–water partition coefficient (Wildman–Crippen LogP) is 3.11. The molecule has 1 N–H and O–H groups in total. The van der Waals surface area contributed by atoms with Crippen molar-refractivity contribution in [3.63, 3.8) is 0 Å². The summed E-state index contributed by atoms with van der Waals surface area (Å²) >= 11 is 11.2. The zero-order valence-electron chi connectivity index (χ0n) is 7.89. The lowest BCUT2D eigenvalue weighted by Gasteiger charge is -2.10. The van der Waals surface area contributed by atoms with Gasteiger partial charge < -0.3 is 5.11 Å². The summed E-state index contributed by atoms with van der Waals surface area (Å²) in [7, 11) is 0. The van der Waals surface area contributed by atoms with Gasteiger partial charge in [-0.15, -0.1) is 23.2 Å². The summed E-state index contributed by atoms with van der Waals surface area (Å²) in [6.45, 7) is 5.49. The second-order valence-corrected chi connectivity index (χ2v) is 3.63. The summed E-state index contributed by atoms with van der Waals surface area (Å²) in [5, 5.41) is 9.44. The van der Waals surface area contributed by atoms with Crippen molar-refractivity contribution < 1.29 is 5.11 Å². The normalized spacial score (nSPS) is 14.3. The van der Waals surface area contributed by atoms with E-state index < -0.39 is 6.10 Å². The number of rotatable bonds is 6. The lowest BCUT2D eigenvalue weighted by atomic mass is 10.0. The maximum Gasteiger partial charge on any atom is 0.0747 e. The van der Waals surface area contributed by atoms with E-state index in [2.05, 4.69) is 6.58 Å². The van der Waals surface area contributed by atoms with Crippen LogP contribution in [0.1, 0.15) is 19.8 Å². The Labute approximate surface area is 90.0 Å². The highest BCUT2D eigenvalue weighted by atomic mass is 35.5. The van der Waals surface area contributed by atoms with Crippen molar-refractivity contribution in [3.8, 4) is 0 Å². The van der Waals surface area contributed by atoms with Crippen LogP contribution >= 0.6 is 23.2 Å². The Hall–Kier alpha value is 0.0200. The third kappa shape index (κ3) is 6.14. The SMILES string of the molecule is C=C(C)C(O)CC/C(=C/CCl)CCl. The molecule has 0 amide bonds. The standard InChI is InChI=1S/C10H16Cl2O/c1-8(2)10(13)4-3-9(7-12)5-6-11/h5,10,13H,1,3-4,6-7H2,2H3/b9-5-. The molecule has 0 aliphatic rings. The molecule has 0 bridgehead atoms. The fraction of sp³-hybridized carbons (Fsp3) is 0.600. The van der Waals surface area contributed by atoms with E-state index in [9.17, 15) is 5.11 Å². The maximum absolute atomic E-state index is 9.44. The molecular formula is C10H16Cl2O. The van der Waals surface area contributed by atoms with Crippen LogP contribution in [-0.4, -0.2) is 23.0 Å². The smallest absolute Gasteiger partial charge is 0.0747 e. The van der Waals surface area contributed by atoms with Crippen molar-refractivity contribution in [3.05, 3.63) is 23.8 Å². The topological polar surface area (TPSA) is 20.2 Å². The number of alkyl halides is 2. The summed E-state index contributed by atoms with van der Waals surface area (Å²) in [5.41, 5.74) is 1.87. The van der Waals surface area contributed by atoms with E-state index in [-0.39, 0.29) is 0 Å². The molecule has 3 heteroatoms. The van der Waals surface area contributed by atoms with Crippen molar-refractivity contribution in [2.75, 3.05) is 11.8 Å². The highest BCUT2D eigenvalue weighted by Crippen LogP contribution is 2.13. The van der Waals surface area contributed by atoms with Crippen LogP contribution in [0.5, 0.6) is 0 Å².